The number of nitrogens with zero attached hydrogens (tertiary/aromatic N) is 1. The molecular weight excluding hydrogens is 298 g/mol. The maximum absolute atomic E-state index is 13.0. The van der Waals surface area contributed by atoms with Crippen LogP contribution in [0.4, 0.5) is 0 Å². The molecule has 0 amide bonds. The number of hydrogen-bond donors (Lipinski definition) is 0. The van der Waals surface area contributed by atoms with Gasteiger partial charge in [0.15, 0.2) is 0 Å². The zero-order valence-corrected chi connectivity index (χ0v) is 15.0. The Morgan fingerprint density at radius 2 is 1.73 bits per heavy atom. The molecule has 0 bridgehead atoms. The third kappa shape index (κ3) is 3.46. The van der Waals surface area contributed by atoms with Gasteiger partial charge < -0.3 is 4.74 Å². The summed E-state index contributed by atoms with van der Waals surface area (Å²) < 4.78 is 33.3. The Morgan fingerprint density at radius 3 is 2.27 bits per heavy atom. The minimum Gasteiger partial charge on any atom is -0.494 e. The number of hydrogen-bond acceptors (Lipinski definition) is 3. The first-order valence-electron chi connectivity index (χ1n) is 7.99. The van der Waals surface area contributed by atoms with Crippen molar-refractivity contribution in [1.82, 2.24) is 4.31 Å². The van der Waals surface area contributed by atoms with E-state index in [1.807, 2.05) is 26.8 Å². The first-order chi connectivity index (χ1) is 10.3. The minimum absolute atomic E-state index is 0.378. The molecular formula is C17H27NO3S. The Bertz CT molecular complexity index is 630. The smallest absolute Gasteiger partial charge is 0.243 e. The van der Waals surface area contributed by atoms with E-state index in [-0.39, 0.29) is 0 Å². The first-order valence-corrected chi connectivity index (χ1v) is 9.43. The number of aryl methyl sites for hydroxylation is 2. The van der Waals surface area contributed by atoms with Crippen LogP contribution in [-0.4, -0.2) is 32.4 Å². The Morgan fingerprint density at radius 1 is 1.14 bits per heavy atom. The summed E-state index contributed by atoms with van der Waals surface area (Å²) >= 11 is 0. The van der Waals surface area contributed by atoms with Crippen molar-refractivity contribution in [2.75, 3.05) is 19.7 Å². The second-order valence-corrected chi connectivity index (χ2v) is 8.49. The van der Waals surface area contributed by atoms with E-state index >= 15 is 0 Å². The molecule has 2 atom stereocenters. The zero-order valence-electron chi connectivity index (χ0n) is 14.2. The van der Waals surface area contributed by atoms with Gasteiger partial charge in [0.1, 0.15) is 5.75 Å². The highest BCUT2D eigenvalue weighted by Crippen LogP contribution is 2.31. The van der Waals surface area contributed by atoms with Gasteiger partial charge >= 0.3 is 0 Å². The summed E-state index contributed by atoms with van der Waals surface area (Å²) in [7, 11) is -3.46. The van der Waals surface area contributed by atoms with E-state index in [1.165, 1.54) is 0 Å². The van der Waals surface area contributed by atoms with E-state index in [0.717, 1.165) is 17.5 Å². The third-order valence-corrected chi connectivity index (χ3v) is 6.20. The average molecular weight is 325 g/mol. The first kappa shape index (κ1) is 17.3. The normalized spacial score (nSPS) is 23.5. The maximum atomic E-state index is 13.0. The molecule has 1 saturated heterocycles. The van der Waals surface area contributed by atoms with Crippen molar-refractivity contribution < 1.29 is 13.2 Å². The van der Waals surface area contributed by atoms with Crippen molar-refractivity contribution in [3.05, 3.63) is 23.3 Å². The van der Waals surface area contributed by atoms with Crippen LogP contribution < -0.4 is 4.74 Å². The molecule has 22 heavy (non-hydrogen) atoms. The zero-order chi connectivity index (χ0) is 16.5. The minimum atomic E-state index is -3.46. The van der Waals surface area contributed by atoms with Crippen LogP contribution in [0.2, 0.25) is 0 Å². The predicted molar refractivity (Wildman–Crippen MR) is 88.8 cm³/mol. The second kappa shape index (κ2) is 6.59. The van der Waals surface area contributed by atoms with Crippen molar-refractivity contribution in [3.63, 3.8) is 0 Å². The summed E-state index contributed by atoms with van der Waals surface area (Å²) in [6.45, 7) is 11.7. The van der Waals surface area contributed by atoms with Gasteiger partial charge in [-0.15, -0.1) is 0 Å². The van der Waals surface area contributed by atoms with E-state index in [9.17, 15) is 8.42 Å². The van der Waals surface area contributed by atoms with Crippen molar-refractivity contribution in [1.29, 1.82) is 0 Å². The predicted octanol–water partition coefficient (Wildman–Crippen LogP) is 3.37. The van der Waals surface area contributed by atoms with Gasteiger partial charge in [-0.25, -0.2) is 8.42 Å². The molecule has 1 heterocycles. The second-order valence-electron chi connectivity index (χ2n) is 6.58. The van der Waals surface area contributed by atoms with Crippen molar-refractivity contribution in [2.45, 2.75) is 45.9 Å². The van der Waals surface area contributed by atoms with E-state index in [0.29, 0.717) is 42.2 Å². The van der Waals surface area contributed by atoms with Gasteiger partial charge in [0, 0.05) is 19.2 Å². The van der Waals surface area contributed by atoms with Gasteiger partial charge in [-0.3, -0.25) is 0 Å². The number of rotatable bonds is 4. The lowest BCUT2D eigenvalue weighted by Gasteiger charge is -2.34. The number of sulfonamides is 1. The fourth-order valence-corrected chi connectivity index (χ4v) is 5.25. The molecule has 0 saturated carbocycles. The van der Waals surface area contributed by atoms with Crippen LogP contribution in [0, 0.1) is 25.7 Å². The van der Waals surface area contributed by atoms with Crippen LogP contribution in [0.5, 0.6) is 5.75 Å². The van der Waals surface area contributed by atoms with Gasteiger partial charge in [0.2, 0.25) is 10.0 Å². The van der Waals surface area contributed by atoms with Crippen LogP contribution in [-0.2, 0) is 10.0 Å². The summed E-state index contributed by atoms with van der Waals surface area (Å²) in [6.07, 6.45) is 1.09. The van der Waals surface area contributed by atoms with E-state index in [4.69, 9.17) is 4.74 Å². The standard InChI is InChI=1S/C17H27NO3S/c1-6-21-16-9-17(15(5)8-14(16)4)22(19,20)18-10-12(2)7-13(3)11-18/h8-9,12-13H,6-7,10-11H2,1-5H3/t12-,13-/m1/s1. The topological polar surface area (TPSA) is 46.6 Å². The average Bonchev–Trinajstić information content (AvgIpc) is 2.40. The van der Waals surface area contributed by atoms with Crippen LogP contribution in [0.15, 0.2) is 17.0 Å². The lowest BCUT2D eigenvalue weighted by Crippen LogP contribution is -2.42. The Hall–Kier alpha value is -1.07. The number of piperidine rings is 1. The molecule has 0 aliphatic carbocycles. The molecule has 0 aromatic heterocycles. The quantitative estimate of drug-likeness (QED) is 0.852. The van der Waals surface area contributed by atoms with Gasteiger partial charge in [0.25, 0.3) is 0 Å². The van der Waals surface area contributed by atoms with Gasteiger partial charge in [-0.1, -0.05) is 19.9 Å². The Labute approximate surface area is 134 Å². The highest BCUT2D eigenvalue weighted by molar-refractivity contribution is 7.89. The van der Waals surface area contributed by atoms with Gasteiger partial charge in [0.05, 0.1) is 11.5 Å². The molecule has 2 rings (SSSR count). The largest absolute Gasteiger partial charge is 0.494 e. The molecule has 0 N–H and O–H groups in total. The monoisotopic (exact) mass is 325 g/mol. The molecule has 1 aromatic carbocycles. The maximum Gasteiger partial charge on any atom is 0.243 e. The van der Waals surface area contributed by atoms with Crippen LogP contribution in [0.25, 0.3) is 0 Å². The fraction of sp³-hybridized carbons (Fsp3) is 0.647. The van der Waals surface area contributed by atoms with E-state index in [1.54, 1.807) is 10.4 Å². The third-order valence-electron chi connectivity index (χ3n) is 4.23. The summed E-state index contributed by atoms with van der Waals surface area (Å²) in [5.74, 6) is 1.45. The van der Waals surface area contributed by atoms with E-state index < -0.39 is 10.0 Å². The summed E-state index contributed by atoms with van der Waals surface area (Å²) in [4.78, 5) is 0.378. The van der Waals surface area contributed by atoms with Crippen LogP contribution in [0.3, 0.4) is 0 Å². The lowest BCUT2D eigenvalue weighted by atomic mass is 9.94. The van der Waals surface area contributed by atoms with Crippen molar-refractivity contribution in [3.8, 4) is 5.75 Å². The number of ether oxygens (including phenoxy) is 1. The van der Waals surface area contributed by atoms with Crippen molar-refractivity contribution >= 4 is 10.0 Å². The molecule has 5 heteroatoms. The molecule has 4 nitrogen and oxygen atoms in total. The Balaban J connectivity index is 2.42. The van der Waals surface area contributed by atoms with Crippen molar-refractivity contribution in [2.24, 2.45) is 11.8 Å². The summed E-state index contributed by atoms with van der Waals surface area (Å²) in [5.41, 5.74) is 1.76. The summed E-state index contributed by atoms with van der Waals surface area (Å²) in [5, 5.41) is 0. The molecule has 1 aliphatic heterocycles. The van der Waals surface area contributed by atoms with Gasteiger partial charge in [-0.05, 0) is 50.2 Å². The molecule has 0 radical (unpaired) electrons. The lowest BCUT2D eigenvalue weighted by molar-refractivity contribution is 0.222. The molecule has 124 valence electrons. The van der Waals surface area contributed by atoms with Crippen LogP contribution >= 0.6 is 0 Å². The SMILES string of the molecule is CCOc1cc(S(=O)(=O)N2C[C@H](C)C[C@@H](C)C2)c(C)cc1C. The van der Waals surface area contributed by atoms with Gasteiger partial charge in [-0.2, -0.15) is 4.31 Å². The van der Waals surface area contributed by atoms with Crippen LogP contribution in [0.1, 0.15) is 38.3 Å². The highest BCUT2D eigenvalue weighted by Gasteiger charge is 2.33. The number of benzene rings is 1. The highest BCUT2D eigenvalue weighted by atomic mass is 32.2. The molecule has 0 unspecified atom stereocenters. The molecule has 1 aromatic rings. The Kier molecular flexibility index (Phi) is 5.17. The van der Waals surface area contributed by atoms with E-state index in [2.05, 4.69) is 13.8 Å². The summed E-state index contributed by atoms with van der Waals surface area (Å²) in [6, 6.07) is 3.59. The molecule has 1 fully saturated rings. The molecule has 0 spiro atoms. The fourth-order valence-electron chi connectivity index (χ4n) is 3.34. The molecule has 1 aliphatic rings.